The summed E-state index contributed by atoms with van der Waals surface area (Å²) in [6, 6.07) is 10.6. The molecule has 0 unspecified atom stereocenters. The minimum absolute atomic E-state index is 0.00460. The van der Waals surface area contributed by atoms with Gasteiger partial charge in [0.1, 0.15) is 11.6 Å². The summed E-state index contributed by atoms with van der Waals surface area (Å²) in [5.74, 6) is -1.80. The molecule has 1 N–H and O–H groups in total. The van der Waals surface area contributed by atoms with Crippen LogP contribution in [0.3, 0.4) is 0 Å². The van der Waals surface area contributed by atoms with Crippen LogP contribution in [0.2, 0.25) is 0 Å². The topological polar surface area (TPSA) is 49.4 Å². The van der Waals surface area contributed by atoms with Crippen LogP contribution in [0.1, 0.15) is 11.1 Å². The normalized spacial score (nSPS) is 13.1. The van der Waals surface area contributed by atoms with Gasteiger partial charge in [-0.2, -0.15) is 0 Å². The quantitative estimate of drug-likeness (QED) is 0.914. The summed E-state index contributed by atoms with van der Waals surface area (Å²) in [6.07, 6.45) is 0.196. The molecule has 0 bridgehead atoms. The van der Waals surface area contributed by atoms with Gasteiger partial charge in [0.25, 0.3) is 0 Å². The van der Waals surface area contributed by atoms with Crippen molar-refractivity contribution in [1.29, 1.82) is 0 Å². The first-order valence-electron chi connectivity index (χ1n) is 7.63. The minimum Gasteiger partial charge on any atom is -0.354 e. The monoisotopic (exact) mass is 330 g/mol. The van der Waals surface area contributed by atoms with Gasteiger partial charge in [0.15, 0.2) is 0 Å². The molecule has 0 atom stereocenters. The highest BCUT2D eigenvalue weighted by Gasteiger charge is 2.26. The largest absolute Gasteiger partial charge is 0.354 e. The molecule has 3 rings (SSSR count). The Balaban J connectivity index is 1.53. The van der Waals surface area contributed by atoms with E-state index in [2.05, 4.69) is 5.32 Å². The fraction of sp³-hybridized carbons (Fsp3) is 0.222. The molecule has 2 aromatic carbocycles. The SMILES string of the molecule is O=C(Cc1ccc(F)cc1F)NCCN1C(=O)Cc2ccccc21. The van der Waals surface area contributed by atoms with E-state index < -0.39 is 11.6 Å². The molecule has 0 saturated heterocycles. The van der Waals surface area contributed by atoms with Crippen LogP contribution < -0.4 is 10.2 Å². The molecule has 1 heterocycles. The maximum atomic E-state index is 13.5. The molecule has 4 nitrogen and oxygen atoms in total. The number of carbonyl (C=O) groups excluding carboxylic acids is 2. The third-order valence-electron chi connectivity index (χ3n) is 3.95. The zero-order valence-corrected chi connectivity index (χ0v) is 12.9. The molecular formula is C18H16F2N2O2. The number of para-hydroxylation sites is 1. The van der Waals surface area contributed by atoms with Crippen LogP contribution in [-0.4, -0.2) is 24.9 Å². The lowest BCUT2D eigenvalue weighted by Crippen LogP contribution is -2.37. The van der Waals surface area contributed by atoms with E-state index in [1.165, 1.54) is 6.07 Å². The highest BCUT2D eigenvalue weighted by Crippen LogP contribution is 2.27. The molecule has 0 aliphatic carbocycles. The lowest BCUT2D eigenvalue weighted by atomic mass is 10.1. The van der Waals surface area contributed by atoms with Crippen LogP contribution in [0.5, 0.6) is 0 Å². The summed E-state index contributed by atoms with van der Waals surface area (Å²) in [4.78, 5) is 25.5. The molecular weight excluding hydrogens is 314 g/mol. The van der Waals surface area contributed by atoms with Gasteiger partial charge in [0.05, 0.1) is 12.8 Å². The number of nitrogens with zero attached hydrogens (tertiary/aromatic N) is 1. The van der Waals surface area contributed by atoms with Crippen molar-refractivity contribution in [2.45, 2.75) is 12.8 Å². The number of fused-ring (bicyclic) bond motifs is 1. The Bertz CT molecular complexity index is 792. The van der Waals surface area contributed by atoms with E-state index in [9.17, 15) is 18.4 Å². The number of benzene rings is 2. The Morgan fingerprint density at radius 3 is 2.75 bits per heavy atom. The molecule has 2 amide bonds. The standard InChI is InChI=1S/C18H16F2N2O2/c19-14-6-5-12(15(20)11-14)9-17(23)21-7-8-22-16-4-2-1-3-13(16)10-18(22)24/h1-6,11H,7-10H2,(H,21,23). The Hall–Kier alpha value is -2.76. The summed E-state index contributed by atoms with van der Waals surface area (Å²) >= 11 is 0. The van der Waals surface area contributed by atoms with E-state index in [1.807, 2.05) is 24.3 Å². The molecule has 0 aromatic heterocycles. The third kappa shape index (κ3) is 3.42. The number of hydrogen-bond acceptors (Lipinski definition) is 2. The molecule has 24 heavy (non-hydrogen) atoms. The van der Waals surface area contributed by atoms with Gasteiger partial charge in [0.2, 0.25) is 11.8 Å². The van der Waals surface area contributed by atoms with Crippen LogP contribution in [0.4, 0.5) is 14.5 Å². The van der Waals surface area contributed by atoms with E-state index in [0.29, 0.717) is 13.0 Å². The Labute approximate surface area is 138 Å². The zero-order valence-electron chi connectivity index (χ0n) is 12.9. The summed E-state index contributed by atoms with van der Waals surface area (Å²) in [5.41, 5.74) is 1.97. The van der Waals surface area contributed by atoms with Crippen molar-refractivity contribution in [3.05, 3.63) is 65.2 Å². The fourth-order valence-electron chi connectivity index (χ4n) is 2.77. The molecule has 2 aromatic rings. The second-order valence-corrected chi connectivity index (χ2v) is 5.61. The number of halogens is 2. The highest BCUT2D eigenvalue weighted by atomic mass is 19.1. The highest BCUT2D eigenvalue weighted by molar-refractivity contribution is 6.01. The van der Waals surface area contributed by atoms with Crippen molar-refractivity contribution < 1.29 is 18.4 Å². The maximum absolute atomic E-state index is 13.5. The molecule has 0 fully saturated rings. The molecule has 124 valence electrons. The van der Waals surface area contributed by atoms with Crippen LogP contribution in [0, 0.1) is 11.6 Å². The fourth-order valence-corrected chi connectivity index (χ4v) is 2.77. The van der Waals surface area contributed by atoms with E-state index in [-0.39, 0.29) is 30.3 Å². The summed E-state index contributed by atoms with van der Waals surface area (Å²) < 4.78 is 26.4. The van der Waals surface area contributed by atoms with E-state index in [0.717, 1.165) is 23.4 Å². The van der Waals surface area contributed by atoms with E-state index in [4.69, 9.17) is 0 Å². The number of nitrogens with one attached hydrogen (secondary N) is 1. The van der Waals surface area contributed by atoms with Crippen LogP contribution in [0.25, 0.3) is 0 Å². The van der Waals surface area contributed by atoms with Crippen LogP contribution in [0.15, 0.2) is 42.5 Å². The number of carbonyl (C=O) groups is 2. The Morgan fingerprint density at radius 2 is 1.96 bits per heavy atom. The van der Waals surface area contributed by atoms with Gasteiger partial charge < -0.3 is 10.2 Å². The van der Waals surface area contributed by atoms with Crippen molar-refractivity contribution >= 4 is 17.5 Å². The second kappa shape index (κ2) is 6.78. The lowest BCUT2D eigenvalue weighted by molar-refractivity contribution is -0.121. The Morgan fingerprint density at radius 1 is 1.17 bits per heavy atom. The van der Waals surface area contributed by atoms with Crippen LogP contribution >= 0.6 is 0 Å². The minimum atomic E-state index is -0.742. The van der Waals surface area contributed by atoms with E-state index in [1.54, 1.807) is 4.90 Å². The van der Waals surface area contributed by atoms with Gasteiger partial charge in [-0.1, -0.05) is 24.3 Å². The number of anilines is 1. The molecule has 0 saturated carbocycles. The first-order valence-corrected chi connectivity index (χ1v) is 7.63. The zero-order chi connectivity index (χ0) is 17.1. The number of hydrogen-bond donors (Lipinski definition) is 1. The number of amides is 2. The van der Waals surface area contributed by atoms with E-state index >= 15 is 0 Å². The first-order chi connectivity index (χ1) is 11.5. The lowest BCUT2D eigenvalue weighted by Gasteiger charge is -2.17. The van der Waals surface area contributed by atoms with Crippen molar-refractivity contribution in [2.75, 3.05) is 18.0 Å². The van der Waals surface area contributed by atoms with Gasteiger partial charge in [-0.15, -0.1) is 0 Å². The molecule has 0 radical (unpaired) electrons. The van der Waals surface area contributed by atoms with Crippen molar-refractivity contribution in [1.82, 2.24) is 5.32 Å². The van der Waals surface area contributed by atoms with Gasteiger partial charge in [0, 0.05) is 24.8 Å². The summed E-state index contributed by atoms with van der Waals surface area (Å²) in [7, 11) is 0. The van der Waals surface area contributed by atoms with Gasteiger partial charge in [-0.25, -0.2) is 8.78 Å². The average molecular weight is 330 g/mol. The summed E-state index contributed by atoms with van der Waals surface area (Å²) in [5, 5.41) is 2.66. The van der Waals surface area contributed by atoms with Gasteiger partial charge in [-0.3, -0.25) is 9.59 Å². The summed E-state index contributed by atoms with van der Waals surface area (Å²) in [6.45, 7) is 0.620. The number of rotatable bonds is 5. The van der Waals surface area contributed by atoms with Crippen molar-refractivity contribution in [2.24, 2.45) is 0 Å². The maximum Gasteiger partial charge on any atom is 0.231 e. The van der Waals surface area contributed by atoms with Gasteiger partial charge in [-0.05, 0) is 23.3 Å². The predicted octanol–water partition coefficient (Wildman–Crippen LogP) is 2.21. The Kier molecular flexibility index (Phi) is 4.55. The molecule has 0 spiro atoms. The van der Waals surface area contributed by atoms with Crippen LogP contribution in [-0.2, 0) is 22.4 Å². The van der Waals surface area contributed by atoms with Crippen molar-refractivity contribution in [3.63, 3.8) is 0 Å². The molecule has 1 aliphatic rings. The second-order valence-electron chi connectivity index (χ2n) is 5.61. The van der Waals surface area contributed by atoms with Gasteiger partial charge >= 0.3 is 0 Å². The first kappa shape index (κ1) is 16.1. The predicted molar refractivity (Wildman–Crippen MR) is 85.6 cm³/mol. The average Bonchev–Trinajstić information content (AvgIpc) is 2.86. The van der Waals surface area contributed by atoms with Crippen molar-refractivity contribution in [3.8, 4) is 0 Å². The molecule has 1 aliphatic heterocycles. The third-order valence-corrected chi connectivity index (χ3v) is 3.95. The smallest absolute Gasteiger partial charge is 0.231 e. The molecule has 6 heteroatoms.